The van der Waals surface area contributed by atoms with Crippen molar-refractivity contribution in [1.82, 2.24) is 10.9 Å². The number of fused-ring (bicyclic) bond motifs is 3. The van der Waals surface area contributed by atoms with Crippen LogP contribution >= 0.6 is 0 Å². The molecule has 3 fully saturated rings. The third-order valence-corrected chi connectivity index (χ3v) is 4.95. The highest BCUT2D eigenvalue weighted by Crippen LogP contribution is 2.44. The van der Waals surface area contributed by atoms with E-state index in [9.17, 15) is 9.59 Å². The van der Waals surface area contributed by atoms with Gasteiger partial charge in [0.2, 0.25) is 5.91 Å². The van der Waals surface area contributed by atoms with Gasteiger partial charge in [-0.2, -0.15) is 0 Å². The van der Waals surface area contributed by atoms with Crippen molar-refractivity contribution in [3.05, 3.63) is 35.9 Å². The molecule has 3 heterocycles. The quantitative estimate of drug-likeness (QED) is 0.715. The van der Waals surface area contributed by atoms with Crippen LogP contribution in [0, 0.1) is 0 Å². The minimum absolute atomic E-state index is 0.140. The molecule has 0 aliphatic carbocycles. The van der Waals surface area contributed by atoms with Gasteiger partial charge in [0.25, 0.3) is 5.91 Å². The Morgan fingerprint density at radius 2 is 1.48 bits per heavy atom. The van der Waals surface area contributed by atoms with E-state index in [2.05, 4.69) is 10.9 Å². The Labute approximate surface area is 168 Å². The predicted molar refractivity (Wildman–Crippen MR) is 99.0 cm³/mol. The van der Waals surface area contributed by atoms with Crippen LogP contribution < -0.4 is 10.9 Å². The largest absolute Gasteiger partial charge is 0.342 e. The fraction of sp³-hybridized carbons (Fsp3) is 0.600. The van der Waals surface area contributed by atoms with Crippen molar-refractivity contribution in [2.45, 2.75) is 76.4 Å². The van der Waals surface area contributed by atoms with E-state index in [1.807, 2.05) is 30.3 Å². The number of benzene rings is 1. The molecule has 0 unspecified atom stereocenters. The smallest absolute Gasteiger partial charge is 0.270 e. The minimum Gasteiger partial charge on any atom is -0.342 e. The van der Waals surface area contributed by atoms with Gasteiger partial charge in [-0.25, -0.2) is 0 Å². The average Bonchev–Trinajstić information content (AvgIpc) is 3.13. The van der Waals surface area contributed by atoms with Gasteiger partial charge < -0.3 is 23.7 Å². The van der Waals surface area contributed by atoms with Crippen molar-refractivity contribution < 1.29 is 33.3 Å². The van der Waals surface area contributed by atoms with Gasteiger partial charge in [-0.05, 0) is 33.3 Å². The summed E-state index contributed by atoms with van der Waals surface area (Å²) in [4.78, 5) is 24.9. The van der Waals surface area contributed by atoms with Crippen LogP contribution in [-0.2, 0) is 39.7 Å². The first-order valence-corrected chi connectivity index (χ1v) is 9.63. The van der Waals surface area contributed by atoms with Crippen molar-refractivity contribution in [2.24, 2.45) is 0 Å². The highest BCUT2D eigenvalue weighted by molar-refractivity contribution is 5.86. The lowest BCUT2D eigenvalue weighted by Crippen LogP contribution is -2.61. The number of hydrazine groups is 1. The summed E-state index contributed by atoms with van der Waals surface area (Å²) < 4.78 is 29.4. The van der Waals surface area contributed by atoms with Crippen LogP contribution in [0.15, 0.2) is 30.3 Å². The summed E-state index contributed by atoms with van der Waals surface area (Å²) in [5, 5.41) is 0. The second kappa shape index (κ2) is 7.33. The Hall–Kier alpha value is -2.04. The molecule has 5 atom stereocenters. The normalized spacial score (nSPS) is 34.1. The zero-order valence-electron chi connectivity index (χ0n) is 16.8. The predicted octanol–water partition coefficient (Wildman–Crippen LogP) is 0.773. The highest BCUT2D eigenvalue weighted by atomic mass is 16.9. The van der Waals surface area contributed by atoms with Crippen molar-refractivity contribution in [1.29, 1.82) is 0 Å². The van der Waals surface area contributed by atoms with Crippen molar-refractivity contribution >= 4 is 11.8 Å². The SMILES string of the molecule is CC1(C)O[C@@H]2O[C@@H](C(=O)NNC(=O)Cc3ccccc3)[C@H]3OC(C)(C)O[C@H]3[C@H]2O1. The van der Waals surface area contributed by atoms with Gasteiger partial charge in [-0.1, -0.05) is 30.3 Å². The summed E-state index contributed by atoms with van der Waals surface area (Å²) in [6.07, 6.45) is -3.43. The molecule has 1 aromatic rings. The molecular weight excluding hydrogens is 380 g/mol. The second-order valence-electron chi connectivity index (χ2n) is 8.29. The molecule has 0 spiro atoms. The number of carbonyl (C=O) groups is 2. The lowest BCUT2D eigenvalue weighted by Gasteiger charge is -2.36. The first-order valence-electron chi connectivity index (χ1n) is 9.63. The Bertz CT molecular complexity index is 782. The van der Waals surface area contributed by atoms with Crippen LogP contribution in [0.4, 0.5) is 0 Å². The molecule has 9 heteroatoms. The van der Waals surface area contributed by atoms with Crippen LogP contribution in [0.2, 0.25) is 0 Å². The van der Waals surface area contributed by atoms with E-state index in [1.165, 1.54) is 0 Å². The van der Waals surface area contributed by atoms with Crippen LogP contribution in [0.1, 0.15) is 33.3 Å². The maximum Gasteiger partial charge on any atom is 0.270 e. The van der Waals surface area contributed by atoms with Crippen LogP contribution in [0.3, 0.4) is 0 Å². The monoisotopic (exact) mass is 406 g/mol. The molecular formula is C20H26N2O7. The first kappa shape index (κ1) is 20.2. The summed E-state index contributed by atoms with van der Waals surface area (Å²) in [6, 6.07) is 9.23. The van der Waals surface area contributed by atoms with E-state index in [-0.39, 0.29) is 12.3 Å². The van der Waals surface area contributed by atoms with Crippen LogP contribution in [0.25, 0.3) is 0 Å². The zero-order chi connectivity index (χ0) is 20.8. The van der Waals surface area contributed by atoms with Crippen LogP contribution in [-0.4, -0.2) is 54.1 Å². The van der Waals surface area contributed by atoms with E-state index in [4.69, 9.17) is 23.7 Å². The summed E-state index contributed by atoms with van der Waals surface area (Å²) >= 11 is 0. The molecule has 0 radical (unpaired) electrons. The summed E-state index contributed by atoms with van der Waals surface area (Å²) in [7, 11) is 0. The van der Waals surface area contributed by atoms with E-state index in [0.717, 1.165) is 5.56 Å². The lowest BCUT2D eigenvalue weighted by molar-refractivity contribution is -0.231. The Morgan fingerprint density at radius 3 is 2.21 bits per heavy atom. The average molecular weight is 406 g/mol. The maximum absolute atomic E-state index is 12.8. The molecule has 9 nitrogen and oxygen atoms in total. The third kappa shape index (κ3) is 4.29. The number of amides is 2. The molecule has 2 N–H and O–H groups in total. The Morgan fingerprint density at radius 1 is 0.862 bits per heavy atom. The minimum atomic E-state index is -1.03. The molecule has 29 heavy (non-hydrogen) atoms. The second-order valence-corrected chi connectivity index (χ2v) is 8.29. The Balaban J connectivity index is 1.41. The summed E-state index contributed by atoms with van der Waals surface area (Å²) in [5.41, 5.74) is 5.67. The standard InChI is InChI=1S/C20H26N2O7/c1-19(2)26-13-14(27-19)16-18(29-20(3,4)28-16)25-15(13)17(24)22-21-12(23)10-11-8-6-5-7-9-11/h5-9,13-16,18H,10H2,1-4H3,(H,21,23)(H,22,24)/t13-,14+,15+,16+,18-/m0/s1. The van der Waals surface area contributed by atoms with Gasteiger partial charge in [0, 0.05) is 0 Å². The molecule has 2 amide bonds. The Kier molecular flexibility index (Phi) is 5.12. The fourth-order valence-corrected chi connectivity index (χ4v) is 3.85. The summed E-state index contributed by atoms with van der Waals surface area (Å²) in [5.74, 6) is -2.67. The molecule has 1 aromatic carbocycles. The van der Waals surface area contributed by atoms with Crippen molar-refractivity contribution in [2.75, 3.05) is 0 Å². The van der Waals surface area contributed by atoms with Gasteiger partial charge in [-0.15, -0.1) is 0 Å². The van der Waals surface area contributed by atoms with E-state index in [1.54, 1.807) is 27.7 Å². The summed E-state index contributed by atoms with van der Waals surface area (Å²) in [6.45, 7) is 7.06. The molecule has 158 valence electrons. The number of ether oxygens (including phenoxy) is 5. The number of carbonyl (C=O) groups excluding carboxylic acids is 2. The molecule has 3 aliphatic rings. The van der Waals surface area contributed by atoms with E-state index in [0.29, 0.717) is 0 Å². The lowest BCUT2D eigenvalue weighted by atomic mass is 9.98. The molecule has 0 bridgehead atoms. The molecule has 3 saturated heterocycles. The van der Waals surface area contributed by atoms with Crippen molar-refractivity contribution in [3.8, 4) is 0 Å². The van der Waals surface area contributed by atoms with Crippen LogP contribution in [0.5, 0.6) is 0 Å². The number of hydrogen-bond donors (Lipinski definition) is 2. The number of hydrogen-bond acceptors (Lipinski definition) is 7. The van der Waals surface area contributed by atoms with Gasteiger partial charge in [0.15, 0.2) is 24.0 Å². The van der Waals surface area contributed by atoms with E-state index < -0.39 is 48.2 Å². The van der Waals surface area contributed by atoms with Crippen molar-refractivity contribution in [3.63, 3.8) is 0 Å². The third-order valence-electron chi connectivity index (χ3n) is 4.95. The molecule has 0 saturated carbocycles. The number of rotatable bonds is 3. The maximum atomic E-state index is 12.8. The molecule has 4 rings (SSSR count). The fourth-order valence-electron chi connectivity index (χ4n) is 3.85. The topological polar surface area (TPSA) is 104 Å². The number of nitrogens with one attached hydrogen (secondary N) is 2. The first-order chi connectivity index (χ1) is 13.6. The van der Waals surface area contributed by atoms with E-state index >= 15 is 0 Å². The highest BCUT2D eigenvalue weighted by Gasteiger charge is 2.62. The van der Waals surface area contributed by atoms with Gasteiger partial charge >= 0.3 is 0 Å². The molecule has 3 aliphatic heterocycles. The van der Waals surface area contributed by atoms with Gasteiger partial charge in [0.05, 0.1) is 6.42 Å². The van der Waals surface area contributed by atoms with Gasteiger partial charge in [-0.3, -0.25) is 20.4 Å². The van der Waals surface area contributed by atoms with Gasteiger partial charge in [0.1, 0.15) is 18.3 Å². The molecule has 0 aromatic heterocycles. The zero-order valence-corrected chi connectivity index (χ0v) is 16.8.